The Bertz CT molecular complexity index is 1870. The van der Waals surface area contributed by atoms with Gasteiger partial charge in [-0.15, -0.1) is 0 Å². The van der Waals surface area contributed by atoms with Gasteiger partial charge in [-0.05, 0) is 37.5 Å². The molecular weight excluding hydrogens is 1270 g/mol. The summed E-state index contributed by atoms with van der Waals surface area (Å²) in [6.45, 7) is 9.56. The molecule has 97 heavy (non-hydrogen) atoms. The predicted molar refractivity (Wildman–Crippen MR) is 395 cm³/mol. The third-order valence-electron chi connectivity index (χ3n) is 18.6. The molecular formula is C78H152O17P2. The highest BCUT2D eigenvalue weighted by Crippen LogP contribution is 2.45. The van der Waals surface area contributed by atoms with E-state index in [0.717, 1.165) is 102 Å². The Morgan fingerprint density at radius 3 is 0.784 bits per heavy atom. The summed E-state index contributed by atoms with van der Waals surface area (Å²) in [7, 11) is -9.91. The number of esters is 4. The zero-order chi connectivity index (χ0) is 71.4. The largest absolute Gasteiger partial charge is 0.472 e. The lowest BCUT2D eigenvalue weighted by molar-refractivity contribution is -0.161. The van der Waals surface area contributed by atoms with Crippen LogP contribution in [0.4, 0.5) is 0 Å². The van der Waals surface area contributed by atoms with Crippen LogP contribution in [0.3, 0.4) is 0 Å². The maximum Gasteiger partial charge on any atom is 0.472 e. The van der Waals surface area contributed by atoms with Gasteiger partial charge in [0.05, 0.1) is 26.4 Å². The molecule has 0 heterocycles. The Morgan fingerprint density at radius 1 is 0.299 bits per heavy atom. The number of phosphoric acid groups is 2. The summed E-state index contributed by atoms with van der Waals surface area (Å²) < 4.78 is 68.6. The van der Waals surface area contributed by atoms with Crippen LogP contribution >= 0.6 is 15.6 Å². The second-order valence-electron chi connectivity index (χ2n) is 28.8. The van der Waals surface area contributed by atoms with Crippen LogP contribution in [0.15, 0.2) is 0 Å². The predicted octanol–water partition coefficient (Wildman–Crippen LogP) is 23.1. The Labute approximate surface area is 594 Å². The van der Waals surface area contributed by atoms with Crippen LogP contribution in [-0.4, -0.2) is 96.7 Å². The monoisotopic (exact) mass is 1420 g/mol. The van der Waals surface area contributed by atoms with E-state index in [4.69, 9.17) is 37.0 Å². The van der Waals surface area contributed by atoms with Crippen LogP contribution in [0.25, 0.3) is 0 Å². The van der Waals surface area contributed by atoms with Gasteiger partial charge in [0, 0.05) is 25.7 Å². The van der Waals surface area contributed by atoms with E-state index >= 15 is 0 Å². The van der Waals surface area contributed by atoms with E-state index in [2.05, 4.69) is 41.5 Å². The van der Waals surface area contributed by atoms with Gasteiger partial charge >= 0.3 is 39.5 Å². The number of aliphatic hydroxyl groups excluding tert-OH is 1. The fourth-order valence-electron chi connectivity index (χ4n) is 12.0. The first kappa shape index (κ1) is 95.1. The Balaban J connectivity index is 5.23. The Hall–Kier alpha value is -1.94. The average Bonchev–Trinajstić information content (AvgIpc) is 1.45. The van der Waals surface area contributed by atoms with Gasteiger partial charge in [-0.25, -0.2) is 9.13 Å². The van der Waals surface area contributed by atoms with Gasteiger partial charge in [0.1, 0.15) is 19.3 Å². The van der Waals surface area contributed by atoms with E-state index in [1.54, 1.807) is 0 Å². The van der Waals surface area contributed by atoms with Crippen LogP contribution in [0.2, 0.25) is 0 Å². The molecule has 0 aromatic rings. The van der Waals surface area contributed by atoms with Gasteiger partial charge in [-0.3, -0.25) is 37.3 Å². The molecule has 0 saturated heterocycles. The highest BCUT2D eigenvalue weighted by Gasteiger charge is 2.30. The standard InChI is InChI=1S/C78H152O17P2/c1-7-10-12-14-16-18-20-22-24-26-27-29-31-33-38-42-50-56-62-77(82)94-73(66-88-75(80)60-54-48-41-37-32-30-28-25-23-21-19-17-15-13-11-8-2)68-92-96(84,85)90-64-72(79)65-91-97(86,87)93-69-74(67-89-76(81)61-55-49-45-44-46-52-58-70(4)5)95-78(83)63-57-51-43-39-35-34-36-40-47-53-59-71(6)9-3/h70-74,79H,7-69H2,1-6H3,(H,84,85)(H,86,87)/t71?,72-,73-,74-/m1/s1. The number of rotatable bonds is 77. The van der Waals surface area contributed by atoms with Crippen molar-refractivity contribution in [2.24, 2.45) is 11.8 Å². The van der Waals surface area contributed by atoms with Crippen LogP contribution in [-0.2, 0) is 65.4 Å². The molecule has 3 unspecified atom stereocenters. The maximum absolute atomic E-state index is 13.1. The van der Waals surface area contributed by atoms with Gasteiger partial charge < -0.3 is 33.8 Å². The zero-order valence-corrected chi connectivity index (χ0v) is 65.2. The van der Waals surface area contributed by atoms with Crippen molar-refractivity contribution >= 4 is 39.5 Å². The smallest absolute Gasteiger partial charge is 0.462 e. The first-order valence-electron chi connectivity index (χ1n) is 40.5. The van der Waals surface area contributed by atoms with Crippen LogP contribution in [0.5, 0.6) is 0 Å². The van der Waals surface area contributed by atoms with Crippen LogP contribution in [0.1, 0.15) is 408 Å². The summed E-state index contributed by atoms with van der Waals surface area (Å²) in [5.74, 6) is -0.632. The lowest BCUT2D eigenvalue weighted by Crippen LogP contribution is -2.30. The van der Waals surface area contributed by atoms with Gasteiger partial charge in [0.25, 0.3) is 0 Å². The molecule has 0 spiro atoms. The Morgan fingerprint density at radius 2 is 0.526 bits per heavy atom. The van der Waals surface area contributed by atoms with Crippen molar-refractivity contribution in [2.75, 3.05) is 39.6 Å². The molecule has 3 N–H and O–H groups in total. The molecule has 0 amide bonds. The fourth-order valence-corrected chi connectivity index (χ4v) is 13.6. The van der Waals surface area contributed by atoms with Crippen molar-refractivity contribution in [3.8, 4) is 0 Å². The second-order valence-corrected chi connectivity index (χ2v) is 31.7. The number of hydrogen-bond acceptors (Lipinski definition) is 15. The van der Waals surface area contributed by atoms with E-state index in [9.17, 15) is 43.2 Å². The zero-order valence-electron chi connectivity index (χ0n) is 63.4. The highest BCUT2D eigenvalue weighted by atomic mass is 31.2. The fraction of sp³-hybridized carbons (Fsp3) is 0.949. The molecule has 0 saturated carbocycles. The molecule has 0 bridgehead atoms. The molecule has 0 aliphatic carbocycles. The molecule has 0 radical (unpaired) electrons. The quantitative estimate of drug-likeness (QED) is 0.0222. The van der Waals surface area contributed by atoms with Crippen molar-refractivity contribution in [1.29, 1.82) is 0 Å². The summed E-state index contributed by atoms with van der Waals surface area (Å²) in [5, 5.41) is 10.6. The minimum absolute atomic E-state index is 0.105. The number of ether oxygens (including phenoxy) is 4. The maximum atomic E-state index is 13.1. The molecule has 17 nitrogen and oxygen atoms in total. The third kappa shape index (κ3) is 70.9. The first-order valence-corrected chi connectivity index (χ1v) is 43.5. The summed E-state index contributed by atoms with van der Waals surface area (Å²) in [6, 6.07) is 0. The van der Waals surface area contributed by atoms with Gasteiger partial charge in [0.2, 0.25) is 0 Å². The number of hydrogen-bond donors (Lipinski definition) is 3. The van der Waals surface area contributed by atoms with E-state index < -0.39 is 97.5 Å². The molecule has 6 atom stereocenters. The van der Waals surface area contributed by atoms with Crippen LogP contribution in [0, 0.1) is 11.8 Å². The van der Waals surface area contributed by atoms with Gasteiger partial charge in [0.15, 0.2) is 12.2 Å². The van der Waals surface area contributed by atoms with Crippen molar-refractivity contribution in [3.63, 3.8) is 0 Å². The lowest BCUT2D eigenvalue weighted by Gasteiger charge is -2.21. The van der Waals surface area contributed by atoms with Crippen LogP contribution < -0.4 is 0 Å². The number of unbranched alkanes of at least 4 members (excludes halogenated alkanes) is 46. The molecule has 0 aliphatic heterocycles. The molecule has 0 fully saturated rings. The van der Waals surface area contributed by atoms with Crippen molar-refractivity contribution in [2.45, 2.75) is 426 Å². The third-order valence-corrected chi connectivity index (χ3v) is 20.5. The SMILES string of the molecule is CCCCCCCCCCCCCCCCCCCCC(=O)O[C@H](COC(=O)CCCCCCCCCCCCCCCCCC)COP(=O)(O)OC[C@@H](O)COP(=O)(O)OC[C@@H](COC(=O)CCCCCCCCC(C)C)OC(=O)CCCCCCCCCCCCC(C)CC. The van der Waals surface area contributed by atoms with Gasteiger partial charge in [-0.1, -0.05) is 356 Å². The summed E-state index contributed by atoms with van der Waals surface area (Å²) >= 11 is 0. The molecule has 0 aromatic heterocycles. The summed E-state index contributed by atoms with van der Waals surface area (Å²) in [6.07, 6.45) is 58.3. The first-order chi connectivity index (χ1) is 46.9. The number of carbonyl (C=O) groups is 4. The minimum Gasteiger partial charge on any atom is -0.462 e. The molecule has 0 rings (SSSR count). The highest BCUT2D eigenvalue weighted by molar-refractivity contribution is 7.47. The normalized spacial score (nSPS) is 14.2. The lowest BCUT2D eigenvalue weighted by atomic mass is 9.99. The minimum atomic E-state index is -4.96. The van der Waals surface area contributed by atoms with Crippen molar-refractivity contribution < 1.29 is 80.2 Å². The molecule has 0 aliphatic rings. The van der Waals surface area contributed by atoms with Gasteiger partial charge in [-0.2, -0.15) is 0 Å². The number of carbonyl (C=O) groups excluding carboxylic acids is 4. The number of aliphatic hydroxyl groups is 1. The average molecular weight is 1420 g/mol. The molecule has 0 aromatic carbocycles. The summed E-state index contributed by atoms with van der Waals surface area (Å²) in [5.41, 5.74) is 0. The molecule has 576 valence electrons. The van der Waals surface area contributed by atoms with E-state index in [1.807, 2.05) is 0 Å². The van der Waals surface area contributed by atoms with Crippen molar-refractivity contribution in [3.05, 3.63) is 0 Å². The number of phosphoric ester groups is 2. The van der Waals surface area contributed by atoms with Crippen molar-refractivity contribution in [1.82, 2.24) is 0 Å². The summed E-state index contributed by atoms with van der Waals surface area (Å²) in [4.78, 5) is 72.9. The molecule has 19 heteroatoms. The van der Waals surface area contributed by atoms with E-state index in [1.165, 1.54) is 218 Å². The Kier molecular flexibility index (Phi) is 68.4. The van der Waals surface area contributed by atoms with E-state index in [-0.39, 0.29) is 25.7 Å². The van der Waals surface area contributed by atoms with E-state index in [0.29, 0.717) is 31.6 Å². The second kappa shape index (κ2) is 69.8. The topological polar surface area (TPSA) is 237 Å².